The fourth-order valence-corrected chi connectivity index (χ4v) is 7.39. The molecule has 0 aromatic rings. The molecule has 1 aliphatic heterocycles. The molecule has 0 aromatic heterocycles. The number of aliphatic hydroxyl groups is 1. The van der Waals surface area contributed by atoms with Crippen molar-refractivity contribution in [1.29, 1.82) is 0 Å². The first-order valence-electron chi connectivity index (χ1n) is 9.97. The number of nitrogens with one attached hydrogen (secondary N) is 1. The Morgan fingerprint density at radius 3 is 2.67 bits per heavy atom. The van der Waals surface area contributed by atoms with E-state index in [0.29, 0.717) is 24.3 Å². The predicted octanol–water partition coefficient (Wildman–Crippen LogP) is 3.81. The zero-order chi connectivity index (χ0) is 17.2. The van der Waals surface area contributed by atoms with Crippen molar-refractivity contribution in [2.75, 3.05) is 0 Å². The van der Waals surface area contributed by atoms with Gasteiger partial charge in [-0.25, -0.2) is 0 Å². The van der Waals surface area contributed by atoms with Crippen molar-refractivity contribution in [3.05, 3.63) is 12.7 Å². The summed E-state index contributed by atoms with van der Waals surface area (Å²) in [6.45, 7) is 8.67. The Bertz CT molecular complexity index is 558. The molecule has 2 N–H and O–H groups in total. The molecular weight excluding hydrogens is 298 g/mol. The van der Waals surface area contributed by atoms with Gasteiger partial charge in [0.05, 0.1) is 5.60 Å². The molecule has 0 aromatic carbocycles. The molecule has 1 heterocycles. The van der Waals surface area contributed by atoms with Crippen LogP contribution in [-0.4, -0.2) is 22.7 Å². The molecule has 3 saturated carbocycles. The molecule has 4 fully saturated rings. The van der Waals surface area contributed by atoms with Crippen LogP contribution in [0.1, 0.15) is 71.6 Å². The molecule has 134 valence electrons. The number of hydrogen-bond acceptors (Lipinski definition) is 2. The minimum Gasteiger partial charge on any atom is -0.389 e. The van der Waals surface area contributed by atoms with Crippen LogP contribution in [0.15, 0.2) is 12.7 Å². The second kappa shape index (κ2) is 5.33. The van der Waals surface area contributed by atoms with Gasteiger partial charge in [0.15, 0.2) is 0 Å². The first-order chi connectivity index (χ1) is 11.3. The standard InChI is InChI=1S/C21H33NO2/c1-4-10-21(24)13-8-16-14-5-6-17-19(2,11-9-18(23)22-17)15(14)7-12-20(16,21)3/h4,14-17,24H,1,5-13H2,2-3H3,(H,22,23)/t14-,15-,16+,17?,19-,20+,21?/m1/s1. The van der Waals surface area contributed by atoms with E-state index < -0.39 is 5.60 Å². The van der Waals surface area contributed by atoms with Gasteiger partial charge in [-0.05, 0) is 80.0 Å². The van der Waals surface area contributed by atoms with Gasteiger partial charge in [0.1, 0.15) is 0 Å². The van der Waals surface area contributed by atoms with E-state index in [0.717, 1.165) is 44.4 Å². The third kappa shape index (κ3) is 2.03. The van der Waals surface area contributed by atoms with Gasteiger partial charge in [0.2, 0.25) is 5.91 Å². The van der Waals surface area contributed by atoms with E-state index in [-0.39, 0.29) is 16.7 Å². The Labute approximate surface area is 146 Å². The number of carbonyl (C=O) groups excluding carboxylic acids is 1. The van der Waals surface area contributed by atoms with Gasteiger partial charge in [-0.15, -0.1) is 6.58 Å². The molecule has 24 heavy (non-hydrogen) atoms. The van der Waals surface area contributed by atoms with Gasteiger partial charge >= 0.3 is 0 Å². The molecule has 1 saturated heterocycles. The predicted molar refractivity (Wildman–Crippen MR) is 95.3 cm³/mol. The van der Waals surface area contributed by atoms with Gasteiger partial charge in [-0.2, -0.15) is 0 Å². The maximum absolute atomic E-state index is 11.9. The zero-order valence-electron chi connectivity index (χ0n) is 15.3. The summed E-state index contributed by atoms with van der Waals surface area (Å²) >= 11 is 0. The van der Waals surface area contributed by atoms with Crippen LogP contribution in [-0.2, 0) is 4.79 Å². The summed E-state index contributed by atoms with van der Waals surface area (Å²) in [5.41, 5.74) is -0.246. The van der Waals surface area contributed by atoms with E-state index in [4.69, 9.17) is 0 Å². The number of carbonyl (C=O) groups is 1. The minimum absolute atomic E-state index is 0.0451. The number of rotatable bonds is 2. The molecule has 3 aliphatic carbocycles. The number of fused-ring (bicyclic) bond motifs is 5. The van der Waals surface area contributed by atoms with E-state index in [1.165, 1.54) is 12.8 Å². The van der Waals surface area contributed by atoms with Crippen molar-refractivity contribution < 1.29 is 9.90 Å². The second-order valence-corrected chi connectivity index (χ2v) is 9.60. The first-order valence-corrected chi connectivity index (χ1v) is 9.97. The van der Waals surface area contributed by atoms with Crippen molar-refractivity contribution in [2.24, 2.45) is 28.6 Å². The monoisotopic (exact) mass is 331 g/mol. The van der Waals surface area contributed by atoms with E-state index in [1.807, 2.05) is 6.08 Å². The average Bonchev–Trinajstić information content (AvgIpc) is 2.80. The molecule has 2 unspecified atom stereocenters. The van der Waals surface area contributed by atoms with Crippen molar-refractivity contribution in [3.8, 4) is 0 Å². The quantitative estimate of drug-likeness (QED) is 0.756. The fraction of sp³-hybridized carbons (Fsp3) is 0.857. The molecule has 1 amide bonds. The van der Waals surface area contributed by atoms with E-state index in [2.05, 4.69) is 25.7 Å². The summed E-state index contributed by atoms with van der Waals surface area (Å²) in [6, 6.07) is 0.373. The van der Waals surface area contributed by atoms with Crippen LogP contribution in [0.4, 0.5) is 0 Å². The summed E-state index contributed by atoms with van der Waals surface area (Å²) in [4.78, 5) is 11.9. The Morgan fingerprint density at radius 1 is 1.17 bits per heavy atom. The molecule has 0 bridgehead atoms. The Balaban J connectivity index is 1.63. The molecule has 3 nitrogen and oxygen atoms in total. The number of amides is 1. The van der Waals surface area contributed by atoms with E-state index in [9.17, 15) is 9.90 Å². The normalized spacial score (nSPS) is 53.5. The summed E-state index contributed by atoms with van der Waals surface area (Å²) in [5.74, 6) is 2.31. The van der Waals surface area contributed by atoms with Crippen molar-refractivity contribution in [2.45, 2.75) is 83.3 Å². The third-order valence-electron chi connectivity index (χ3n) is 8.90. The molecule has 7 atom stereocenters. The first kappa shape index (κ1) is 16.6. The van der Waals surface area contributed by atoms with Crippen LogP contribution in [0.5, 0.6) is 0 Å². The molecule has 4 rings (SSSR count). The summed E-state index contributed by atoms with van der Waals surface area (Å²) < 4.78 is 0. The lowest BCUT2D eigenvalue weighted by Crippen LogP contribution is -2.62. The van der Waals surface area contributed by atoms with Gasteiger partial charge in [-0.3, -0.25) is 4.79 Å². The Kier molecular flexibility index (Phi) is 3.69. The lowest BCUT2D eigenvalue weighted by Gasteiger charge is -2.61. The highest BCUT2D eigenvalue weighted by atomic mass is 16.3. The maximum Gasteiger partial charge on any atom is 0.220 e. The number of piperidine rings is 1. The van der Waals surface area contributed by atoms with Crippen molar-refractivity contribution in [3.63, 3.8) is 0 Å². The Morgan fingerprint density at radius 2 is 1.92 bits per heavy atom. The summed E-state index contributed by atoms with van der Waals surface area (Å²) in [7, 11) is 0. The van der Waals surface area contributed by atoms with Gasteiger partial charge in [0.25, 0.3) is 0 Å². The van der Waals surface area contributed by atoms with Crippen LogP contribution in [0.25, 0.3) is 0 Å². The lowest BCUT2D eigenvalue weighted by atomic mass is 9.46. The maximum atomic E-state index is 11.9. The Hall–Kier alpha value is -0.830. The lowest BCUT2D eigenvalue weighted by molar-refractivity contribution is -0.150. The van der Waals surface area contributed by atoms with Gasteiger partial charge in [0, 0.05) is 12.5 Å². The van der Waals surface area contributed by atoms with Crippen molar-refractivity contribution in [1.82, 2.24) is 5.32 Å². The molecule has 4 aliphatic rings. The van der Waals surface area contributed by atoms with Crippen LogP contribution in [0, 0.1) is 28.6 Å². The van der Waals surface area contributed by atoms with E-state index in [1.54, 1.807) is 0 Å². The summed E-state index contributed by atoms with van der Waals surface area (Å²) in [5, 5.41) is 14.6. The number of hydrogen-bond donors (Lipinski definition) is 2. The molecule has 0 spiro atoms. The third-order valence-corrected chi connectivity index (χ3v) is 8.90. The average molecular weight is 332 g/mol. The highest BCUT2D eigenvalue weighted by Crippen LogP contribution is 2.67. The smallest absolute Gasteiger partial charge is 0.220 e. The van der Waals surface area contributed by atoms with Crippen LogP contribution < -0.4 is 5.32 Å². The zero-order valence-corrected chi connectivity index (χ0v) is 15.3. The van der Waals surface area contributed by atoms with Gasteiger partial charge < -0.3 is 10.4 Å². The minimum atomic E-state index is -0.553. The molecule has 0 radical (unpaired) electrons. The largest absolute Gasteiger partial charge is 0.389 e. The molecular formula is C21H33NO2. The van der Waals surface area contributed by atoms with Crippen LogP contribution in [0.2, 0.25) is 0 Å². The highest BCUT2D eigenvalue weighted by Gasteiger charge is 2.64. The SMILES string of the molecule is C=CCC1(O)CC[C@H]2[C@@H]3CCC4NC(=O)CC[C@]4(C)[C@@H]3CC[C@@]21C. The fourth-order valence-electron chi connectivity index (χ4n) is 7.39. The molecule has 3 heteroatoms. The topological polar surface area (TPSA) is 49.3 Å². The van der Waals surface area contributed by atoms with Gasteiger partial charge in [-0.1, -0.05) is 19.9 Å². The second-order valence-electron chi connectivity index (χ2n) is 9.60. The highest BCUT2D eigenvalue weighted by molar-refractivity contribution is 5.77. The van der Waals surface area contributed by atoms with Crippen molar-refractivity contribution >= 4 is 5.91 Å². The van der Waals surface area contributed by atoms with Crippen LogP contribution in [0.3, 0.4) is 0 Å². The van der Waals surface area contributed by atoms with E-state index >= 15 is 0 Å². The summed E-state index contributed by atoms with van der Waals surface area (Å²) in [6.07, 6.45) is 11.1. The van der Waals surface area contributed by atoms with Crippen LogP contribution >= 0.6 is 0 Å².